The number of hydrogen-bond donors (Lipinski definition) is 1. The predicted molar refractivity (Wildman–Crippen MR) is 63.2 cm³/mol. The second-order valence-electron chi connectivity index (χ2n) is 3.90. The number of benzene rings is 1. The van der Waals surface area contributed by atoms with Crippen LogP contribution in [0.1, 0.15) is 18.4 Å². The van der Waals surface area contributed by atoms with Crippen molar-refractivity contribution in [3.63, 3.8) is 0 Å². The third-order valence-electron chi connectivity index (χ3n) is 2.72. The molecule has 4 heteroatoms. The van der Waals surface area contributed by atoms with Gasteiger partial charge in [0.15, 0.2) is 0 Å². The first kappa shape index (κ1) is 10.8. The van der Waals surface area contributed by atoms with Gasteiger partial charge < -0.3 is 5.32 Å². The molecule has 0 unspecified atom stereocenters. The van der Waals surface area contributed by atoms with Crippen molar-refractivity contribution in [2.75, 3.05) is 13.1 Å². The molecule has 1 aliphatic heterocycles. The van der Waals surface area contributed by atoms with Crippen molar-refractivity contribution in [2.24, 2.45) is 0 Å². The Hall–Kier alpha value is -1.68. The molecule has 0 bridgehead atoms. The van der Waals surface area contributed by atoms with Crippen LogP contribution in [0.4, 0.5) is 5.69 Å². The minimum atomic E-state index is -0.374. The zero-order valence-electron chi connectivity index (χ0n) is 8.98. The van der Waals surface area contributed by atoms with E-state index in [1.54, 1.807) is 24.3 Å². The summed E-state index contributed by atoms with van der Waals surface area (Å²) in [6.07, 6.45) is 4.26. The summed E-state index contributed by atoms with van der Waals surface area (Å²) in [5, 5.41) is 13.8. The van der Waals surface area contributed by atoms with Crippen molar-refractivity contribution in [1.29, 1.82) is 0 Å². The molecule has 2 rings (SSSR count). The van der Waals surface area contributed by atoms with E-state index < -0.39 is 0 Å². The monoisotopic (exact) mass is 218 g/mol. The van der Waals surface area contributed by atoms with Crippen LogP contribution in [0, 0.1) is 10.1 Å². The topological polar surface area (TPSA) is 55.2 Å². The quantitative estimate of drug-likeness (QED) is 0.612. The van der Waals surface area contributed by atoms with Gasteiger partial charge in [0.1, 0.15) is 0 Å². The SMILES string of the molecule is O=[N+]([O-])c1ccc(C=C2CCNCC2)cc1. The lowest BCUT2D eigenvalue weighted by atomic mass is 10.0. The molecule has 84 valence electrons. The summed E-state index contributed by atoms with van der Waals surface area (Å²) in [4.78, 5) is 10.1. The van der Waals surface area contributed by atoms with Crippen LogP contribution >= 0.6 is 0 Å². The van der Waals surface area contributed by atoms with Gasteiger partial charge in [-0.2, -0.15) is 0 Å². The lowest BCUT2D eigenvalue weighted by Gasteiger charge is -2.14. The number of piperidine rings is 1. The van der Waals surface area contributed by atoms with E-state index in [0.29, 0.717) is 0 Å². The third-order valence-corrected chi connectivity index (χ3v) is 2.72. The molecule has 1 heterocycles. The minimum absolute atomic E-state index is 0.146. The largest absolute Gasteiger partial charge is 0.316 e. The van der Waals surface area contributed by atoms with Gasteiger partial charge in [-0.05, 0) is 43.6 Å². The van der Waals surface area contributed by atoms with Crippen LogP contribution in [-0.4, -0.2) is 18.0 Å². The summed E-state index contributed by atoms with van der Waals surface area (Å²) in [6.45, 7) is 2.05. The van der Waals surface area contributed by atoms with Gasteiger partial charge in [-0.1, -0.05) is 11.6 Å². The maximum Gasteiger partial charge on any atom is 0.269 e. The Morgan fingerprint density at radius 3 is 2.38 bits per heavy atom. The van der Waals surface area contributed by atoms with Gasteiger partial charge in [-0.15, -0.1) is 0 Å². The van der Waals surface area contributed by atoms with E-state index in [9.17, 15) is 10.1 Å². The Labute approximate surface area is 94.1 Å². The first-order valence-corrected chi connectivity index (χ1v) is 5.40. The number of nitrogens with zero attached hydrogens (tertiary/aromatic N) is 1. The zero-order chi connectivity index (χ0) is 11.4. The smallest absolute Gasteiger partial charge is 0.269 e. The third kappa shape index (κ3) is 2.67. The number of non-ortho nitro benzene ring substituents is 1. The highest BCUT2D eigenvalue weighted by Crippen LogP contribution is 2.18. The molecular weight excluding hydrogens is 204 g/mol. The molecule has 1 N–H and O–H groups in total. The fraction of sp³-hybridized carbons (Fsp3) is 0.333. The van der Waals surface area contributed by atoms with Gasteiger partial charge in [-0.25, -0.2) is 0 Å². The Bertz CT molecular complexity index is 402. The van der Waals surface area contributed by atoms with Gasteiger partial charge in [0.2, 0.25) is 0 Å². The van der Waals surface area contributed by atoms with Crippen molar-refractivity contribution in [3.8, 4) is 0 Å². The van der Waals surface area contributed by atoms with Crippen molar-refractivity contribution < 1.29 is 4.92 Å². The molecule has 0 aromatic heterocycles. The highest BCUT2D eigenvalue weighted by molar-refractivity contribution is 5.55. The maximum absolute atomic E-state index is 10.5. The van der Waals surface area contributed by atoms with Crippen molar-refractivity contribution in [2.45, 2.75) is 12.8 Å². The number of hydrogen-bond acceptors (Lipinski definition) is 3. The van der Waals surface area contributed by atoms with Crippen LogP contribution in [0.15, 0.2) is 29.8 Å². The maximum atomic E-state index is 10.5. The fourth-order valence-corrected chi connectivity index (χ4v) is 1.82. The van der Waals surface area contributed by atoms with Crippen LogP contribution in [-0.2, 0) is 0 Å². The Morgan fingerprint density at radius 2 is 1.81 bits per heavy atom. The lowest BCUT2D eigenvalue weighted by Crippen LogP contribution is -2.22. The molecule has 0 saturated carbocycles. The van der Waals surface area contributed by atoms with Crippen LogP contribution < -0.4 is 5.32 Å². The first-order valence-electron chi connectivity index (χ1n) is 5.40. The average Bonchev–Trinajstić information content (AvgIpc) is 2.31. The lowest BCUT2D eigenvalue weighted by molar-refractivity contribution is -0.384. The van der Waals surface area contributed by atoms with Gasteiger partial charge in [-0.3, -0.25) is 10.1 Å². The number of nitro groups is 1. The van der Waals surface area contributed by atoms with Crippen LogP contribution in [0.2, 0.25) is 0 Å². The number of rotatable bonds is 2. The van der Waals surface area contributed by atoms with Crippen molar-refractivity contribution in [3.05, 3.63) is 45.5 Å². The molecule has 1 saturated heterocycles. The first-order chi connectivity index (χ1) is 7.75. The fourth-order valence-electron chi connectivity index (χ4n) is 1.82. The molecule has 4 nitrogen and oxygen atoms in total. The summed E-state index contributed by atoms with van der Waals surface area (Å²) in [6, 6.07) is 6.70. The molecular formula is C12H14N2O2. The molecule has 1 aromatic rings. The molecule has 1 aromatic carbocycles. The Balaban J connectivity index is 2.12. The second kappa shape index (κ2) is 4.90. The van der Waals surface area contributed by atoms with Crippen LogP contribution in [0.3, 0.4) is 0 Å². The summed E-state index contributed by atoms with van der Waals surface area (Å²) in [7, 11) is 0. The molecule has 16 heavy (non-hydrogen) atoms. The standard InChI is InChI=1S/C12H14N2O2/c15-14(16)12-3-1-10(2-4-12)9-11-5-7-13-8-6-11/h1-4,9,13H,5-8H2. The van der Waals surface area contributed by atoms with E-state index in [0.717, 1.165) is 31.5 Å². The van der Waals surface area contributed by atoms with Crippen LogP contribution in [0.25, 0.3) is 6.08 Å². The molecule has 0 spiro atoms. The second-order valence-corrected chi connectivity index (χ2v) is 3.90. The van der Waals surface area contributed by atoms with E-state index in [4.69, 9.17) is 0 Å². The highest BCUT2D eigenvalue weighted by Gasteiger charge is 2.06. The van der Waals surface area contributed by atoms with Crippen LogP contribution in [0.5, 0.6) is 0 Å². The van der Waals surface area contributed by atoms with Gasteiger partial charge in [0, 0.05) is 12.1 Å². The van der Waals surface area contributed by atoms with Crippen molar-refractivity contribution in [1.82, 2.24) is 5.32 Å². The predicted octanol–water partition coefficient (Wildman–Crippen LogP) is 2.36. The number of nitro benzene ring substituents is 1. The van der Waals surface area contributed by atoms with E-state index in [-0.39, 0.29) is 10.6 Å². The van der Waals surface area contributed by atoms with Gasteiger partial charge in [0.25, 0.3) is 5.69 Å². The highest BCUT2D eigenvalue weighted by atomic mass is 16.6. The van der Waals surface area contributed by atoms with Gasteiger partial charge >= 0.3 is 0 Å². The van der Waals surface area contributed by atoms with Gasteiger partial charge in [0.05, 0.1) is 4.92 Å². The molecule has 1 aliphatic rings. The summed E-state index contributed by atoms with van der Waals surface area (Å²) in [5.41, 5.74) is 2.60. The van der Waals surface area contributed by atoms with E-state index in [1.165, 1.54) is 5.57 Å². The summed E-state index contributed by atoms with van der Waals surface area (Å²) in [5.74, 6) is 0. The average molecular weight is 218 g/mol. The minimum Gasteiger partial charge on any atom is -0.316 e. The molecule has 0 radical (unpaired) electrons. The van der Waals surface area contributed by atoms with E-state index in [2.05, 4.69) is 11.4 Å². The summed E-state index contributed by atoms with van der Waals surface area (Å²) >= 11 is 0. The zero-order valence-corrected chi connectivity index (χ0v) is 8.98. The molecule has 0 atom stereocenters. The number of nitrogens with one attached hydrogen (secondary N) is 1. The molecule has 0 aliphatic carbocycles. The Morgan fingerprint density at radius 1 is 1.19 bits per heavy atom. The van der Waals surface area contributed by atoms with Crippen molar-refractivity contribution >= 4 is 11.8 Å². The normalized spacial score (nSPS) is 15.9. The molecule has 1 fully saturated rings. The van der Waals surface area contributed by atoms with E-state index >= 15 is 0 Å². The Kier molecular flexibility index (Phi) is 3.31. The molecule has 0 amide bonds. The summed E-state index contributed by atoms with van der Waals surface area (Å²) < 4.78 is 0. The van der Waals surface area contributed by atoms with E-state index in [1.807, 2.05) is 0 Å².